The number of nitrogens with two attached hydrogens (primary N) is 1. The Morgan fingerprint density at radius 2 is 1.81 bits per heavy atom. The Kier molecular flexibility index (Phi) is 6.90. The van der Waals surface area contributed by atoms with Crippen LogP contribution in [0.15, 0.2) is 42.5 Å². The minimum atomic E-state index is -4.34. The maximum atomic E-state index is 13.2. The van der Waals surface area contributed by atoms with E-state index in [0.29, 0.717) is 36.3 Å². The molecule has 2 unspecified atom stereocenters. The molecule has 1 amide bonds. The lowest BCUT2D eigenvalue weighted by atomic mass is 9.83. The number of carbonyl (C=O) groups is 2. The third-order valence-electron chi connectivity index (χ3n) is 6.00. The molecule has 1 aliphatic rings. The first-order valence-electron chi connectivity index (χ1n) is 10.1. The van der Waals surface area contributed by atoms with Crippen LogP contribution in [0.3, 0.4) is 0 Å². The first-order valence-corrected chi connectivity index (χ1v) is 10.9. The summed E-state index contributed by atoms with van der Waals surface area (Å²) in [5.74, 6) is -0.828. The van der Waals surface area contributed by atoms with Crippen molar-refractivity contribution in [2.75, 3.05) is 0 Å². The van der Waals surface area contributed by atoms with Gasteiger partial charge in [0.1, 0.15) is 12.2 Å². The molecule has 2 atom stereocenters. The van der Waals surface area contributed by atoms with Crippen LogP contribution < -0.4 is 10.5 Å². The van der Waals surface area contributed by atoms with Crippen LogP contribution in [0.25, 0.3) is 0 Å². The van der Waals surface area contributed by atoms with Crippen LogP contribution in [-0.2, 0) is 20.9 Å². The summed E-state index contributed by atoms with van der Waals surface area (Å²) in [6.07, 6.45) is -3.68. The maximum Gasteiger partial charge on any atom is 0.397 e. The number of hydrogen-bond acceptors (Lipinski definition) is 5. The summed E-state index contributed by atoms with van der Waals surface area (Å²) in [4.78, 5) is 24.3. The summed E-state index contributed by atoms with van der Waals surface area (Å²) in [6.45, 7) is 4.39. The lowest BCUT2D eigenvalue weighted by molar-refractivity contribution is -0.180. The van der Waals surface area contributed by atoms with Crippen LogP contribution in [0, 0.1) is 12.8 Å². The Labute approximate surface area is 189 Å². The van der Waals surface area contributed by atoms with Crippen LogP contribution in [0.1, 0.15) is 58.8 Å². The van der Waals surface area contributed by atoms with Crippen LogP contribution in [0.4, 0.5) is 13.2 Å². The standard InChI is InChI=1S/C23H25F3N2O3S/c1-13-10-14(4-9-17(13)21(30)31-32-27)12-28-20(29)19-11-18(19)15-5-7-16(8-6-15)22(2,3)23(24,25)26/h4-10,18-19H,11-12,27H2,1-3H3,(H,28,29). The lowest BCUT2D eigenvalue weighted by Crippen LogP contribution is -2.36. The number of hydrogen-bond donors (Lipinski definition) is 2. The molecule has 32 heavy (non-hydrogen) atoms. The minimum absolute atomic E-state index is 0.00527. The molecule has 0 spiro atoms. The van der Waals surface area contributed by atoms with E-state index in [-0.39, 0.29) is 23.3 Å². The van der Waals surface area contributed by atoms with Crippen molar-refractivity contribution in [1.82, 2.24) is 5.32 Å². The highest BCUT2D eigenvalue weighted by Gasteiger charge is 2.49. The topological polar surface area (TPSA) is 81.4 Å². The second kappa shape index (κ2) is 9.15. The van der Waals surface area contributed by atoms with Crippen LogP contribution >= 0.6 is 12.2 Å². The molecule has 0 saturated heterocycles. The van der Waals surface area contributed by atoms with E-state index in [4.69, 9.17) is 9.32 Å². The van der Waals surface area contributed by atoms with Gasteiger partial charge in [-0.05, 0) is 61.4 Å². The average Bonchev–Trinajstić information content (AvgIpc) is 3.52. The minimum Gasteiger partial charge on any atom is -0.371 e. The first-order chi connectivity index (χ1) is 15.0. The molecule has 9 heteroatoms. The molecule has 1 saturated carbocycles. The molecule has 1 fully saturated rings. The molecule has 0 bridgehead atoms. The number of alkyl halides is 3. The normalized spacial score (nSPS) is 18.2. The van der Waals surface area contributed by atoms with Crippen molar-refractivity contribution in [3.05, 3.63) is 70.3 Å². The molecular weight excluding hydrogens is 441 g/mol. The van der Waals surface area contributed by atoms with Crippen LogP contribution in [-0.4, -0.2) is 18.1 Å². The summed E-state index contributed by atoms with van der Waals surface area (Å²) in [6, 6.07) is 11.5. The largest absolute Gasteiger partial charge is 0.397 e. The smallest absolute Gasteiger partial charge is 0.371 e. The van der Waals surface area contributed by atoms with Crippen molar-refractivity contribution in [3.8, 4) is 0 Å². The molecule has 0 aromatic heterocycles. The number of carbonyl (C=O) groups excluding carboxylic acids is 2. The van der Waals surface area contributed by atoms with Crippen molar-refractivity contribution in [2.45, 2.75) is 51.2 Å². The second-order valence-corrected chi connectivity index (χ2v) is 8.89. The lowest BCUT2D eigenvalue weighted by Gasteiger charge is -2.28. The number of nitrogens with one attached hydrogen (secondary N) is 1. The monoisotopic (exact) mass is 466 g/mol. The van der Waals surface area contributed by atoms with Gasteiger partial charge in [-0.1, -0.05) is 36.4 Å². The summed E-state index contributed by atoms with van der Waals surface area (Å²) in [5, 5.41) is 8.03. The van der Waals surface area contributed by atoms with E-state index in [2.05, 4.69) is 5.32 Å². The van der Waals surface area contributed by atoms with Gasteiger partial charge in [-0.2, -0.15) is 13.2 Å². The number of aryl methyl sites for hydroxylation is 1. The van der Waals surface area contributed by atoms with Crippen molar-refractivity contribution >= 4 is 24.1 Å². The zero-order chi connectivity index (χ0) is 23.7. The Morgan fingerprint density at radius 1 is 1.16 bits per heavy atom. The van der Waals surface area contributed by atoms with Gasteiger partial charge in [0.2, 0.25) is 5.91 Å². The number of halogens is 3. The molecule has 5 nitrogen and oxygen atoms in total. The molecule has 3 N–H and O–H groups in total. The van der Waals surface area contributed by atoms with Gasteiger partial charge in [-0.3, -0.25) is 4.79 Å². The number of rotatable bonds is 7. The Morgan fingerprint density at radius 3 is 2.38 bits per heavy atom. The highest BCUT2D eigenvalue weighted by Crippen LogP contribution is 2.48. The third kappa shape index (κ3) is 5.10. The zero-order valence-corrected chi connectivity index (χ0v) is 18.8. The van der Waals surface area contributed by atoms with Crippen molar-refractivity contribution in [3.63, 3.8) is 0 Å². The van der Waals surface area contributed by atoms with Gasteiger partial charge in [0.15, 0.2) is 0 Å². The van der Waals surface area contributed by atoms with Gasteiger partial charge >= 0.3 is 12.1 Å². The predicted molar refractivity (Wildman–Crippen MR) is 117 cm³/mol. The average molecular weight is 467 g/mol. The van der Waals surface area contributed by atoms with E-state index in [1.165, 1.54) is 12.1 Å². The Bertz CT molecular complexity index is 1010. The molecule has 0 radical (unpaired) electrons. The van der Waals surface area contributed by atoms with Gasteiger partial charge in [0, 0.05) is 12.5 Å². The zero-order valence-electron chi connectivity index (χ0n) is 18.0. The fourth-order valence-corrected chi connectivity index (χ4v) is 3.81. The molecule has 172 valence electrons. The predicted octanol–water partition coefficient (Wildman–Crippen LogP) is 4.93. The van der Waals surface area contributed by atoms with Gasteiger partial charge in [-0.25, -0.2) is 9.93 Å². The Balaban J connectivity index is 1.56. The summed E-state index contributed by atoms with van der Waals surface area (Å²) in [5.41, 5.74) is 1.08. The van der Waals surface area contributed by atoms with Crippen molar-refractivity contribution < 1.29 is 26.9 Å². The van der Waals surface area contributed by atoms with Gasteiger partial charge in [0.25, 0.3) is 0 Å². The molecule has 3 rings (SSSR count). The molecule has 2 aromatic carbocycles. The molecule has 0 aliphatic heterocycles. The molecular formula is C23H25F3N2O3S. The third-order valence-corrected chi connectivity index (χ3v) is 6.25. The van der Waals surface area contributed by atoms with E-state index < -0.39 is 17.6 Å². The fraction of sp³-hybridized carbons (Fsp3) is 0.391. The van der Waals surface area contributed by atoms with E-state index in [9.17, 15) is 22.8 Å². The highest BCUT2D eigenvalue weighted by molar-refractivity contribution is 7.92. The maximum absolute atomic E-state index is 13.2. The van der Waals surface area contributed by atoms with Gasteiger partial charge in [0.05, 0.1) is 11.0 Å². The van der Waals surface area contributed by atoms with Crippen molar-refractivity contribution in [2.24, 2.45) is 11.1 Å². The summed E-state index contributed by atoms with van der Waals surface area (Å²) >= 11 is 0.486. The number of benzene rings is 2. The van der Waals surface area contributed by atoms with E-state index in [1.807, 2.05) is 0 Å². The molecule has 1 aliphatic carbocycles. The fourth-order valence-electron chi connectivity index (χ4n) is 3.64. The highest BCUT2D eigenvalue weighted by atomic mass is 32.2. The van der Waals surface area contributed by atoms with E-state index in [1.54, 1.807) is 37.3 Å². The second-order valence-electron chi connectivity index (χ2n) is 8.53. The number of amides is 1. The van der Waals surface area contributed by atoms with Crippen LogP contribution in [0.5, 0.6) is 0 Å². The van der Waals surface area contributed by atoms with Gasteiger partial charge in [-0.15, -0.1) is 0 Å². The Hall–Kier alpha value is -2.52. The molecule has 2 aromatic rings. The summed E-state index contributed by atoms with van der Waals surface area (Å²) in [7, 11) is 0. The van der Waals surface area contributed by atoms with E-state index in [0.717, 1.165) is 25.0 Å². The SMILES string of the molecule is Cc1cc(CNC(=O)C2CC2c2ccc(C(C)(C)C(F)(F)F)cc2)ccc1C(=O)OSN. The first kappa shape index (κ1) is 24.1. The van der Waals surface area contributed by atoms with Gasteiger partial charge < -0.3 is 9.50 Å². The summed E-state index contributed by atoms with van der Waals surface area (Å²) < 4.78 is 44.4. The quantitative estimate of drug-likeness (QED) is 0.447. The van der Waals surface area contributed by atoms with Crippen LogP contribution in [0.2, 0.25) is 0 Å². The van der Waals surface area contributed by atoms with Crippen molar-refractivity contribution in [1.29, 1.82) is 0 Å². The van der Waals surface area contributed by atoms with E-state index >= 15 is 0 Å². The molecule has 0 heterocycles.